The Morgan fingerprint density at radius 3 is 2.74 bits per heavy atom. The third-order valence-electron chi connectivity index (χ3n) is 2.38. The van der Waals surface area contributed by atoms with Crippen LogP contribution in [-0.4, -0.2) is 32.0 Å². The number of hydrogen-bond acceptors (Lipinski definition) is 4. The highest BCUT2D eigenvalue weighted by molar-refractivity contribution is 5.80. The Balaban J connectivity index is 2.53. The molecular weight excluding hydrogens is 246 g/mol. The smallest absolute Gasteiger partial charge is 0.223 e. The predicted octanol–water partition coefficient (Wildman–Crippen LogP) is 1.80. The van der Waals surface area contributed by atoms with Gasteiger partial charge in [0, 0.05) is 6.04 Å². The molecule has 0 aromatic heterocycles. The molecule has 1 N–H and O–H groups in total. The van der Waals surface area contributed by atoms with Gasteiger partial charge in [-0.15, -0.1) is 0 Å². The molecule has 1 amide bonds. The van der Waals surface area contributed by atoms with E-state index in [4.69, 9.17) is 9.47 Å². The highest BCUT2D eigenvalue weighted by Gasteiger charge is 2.07. The first-order valence-corrected chi connectivity index (χ1v) is 6.12. The summed E-state index contributed by atoms with van der Waals surface area (Å²) in [6, 6.07) is 5.06. The van der Waals surface area contributed by atoms with Crippen molar-refractivity contribution in [3.05, 3.63) is 23.8 Å². The molecule has 0 radical (unpaired) electrons. The Hall–Kier alpha value is -2.04. The summed E-state index contributed by atoms with van der Waals surface area (Å²) in [4.78, 5) is 22.3. The second-order valence-corrected chi connectivity index (χ2v) is 4.34. The molecule has 104 valence electrons. The van der Waals surface area contributed by atoms with Gasteiger partial charge in [-0.2, -0.15) is 0 Å². The van der Waals surface area contributed by atoms with Crippen LogP contribution in [0.4, 0.5) is 0 Å². The lowest BCUT2D eigenvalue weighted by molar-refractivity contribution is -0.122. The Kier molecular flexibility index (Phi) is 5.85. The van der Waals surface area contributed by atoms with Gasteiger partial charge in [0.25, 0.3) is 0 Å². The summed E-state index contributed by atoms with van der Waals surface area (Å²) in [6.07, 6.45) is 0.953. The molecular formula is C14H19NO4. The van der Waals surface area contributed by atoms with Gasteiger partial charge >= 0.3 is 0 Å². The van der Waals surface area contributed by atoms with E-state index in [0.29, 0.717) is 23.3 Å². The van der Waals surface area contributed by atoms with Gasteiger partial charge in [-0.3, -0.25) is 9.59 Å². The number of methoxy groups -OCH3 is 1. The number of hydrogen-bond donors (Lipinski definition) is 1. The zero-order chi connectivity index (χ0) is 14.3. The van der Waals surface area contributed by atoms with E-state index in [0.717, 1.165) is 0 Å². The lowest BCUT2D eigenvalue weighted by Gasteiger charge is -2.11. The topological polar surface area (TPSA) is 64.6 Å². The van der Waals surface area contributed by atoms with E-state index in [1.54, 1.807) is 18.2 Å². The number of amides is 1. The zero-order valence-corrected chi connectivity index (χ0v) is 11.4. The van der Waals surface area contributed by atoms with Crippen molar-refractivity contribution in [1.29, 1.82) is 0 Å². The van der Waals surface area contributed by atoms with Crippen molar-refractivity contribution in [2.75, 3.05) is 13.7 Å². The number of benzene rings is 1. The molecule has 0 aliphatic heterocycles. The van der Waals surface area contributed by atoms with Gasteiger partial charge in [0.05, 0.1) is 25.7 Å². The van der Waals surface area contributed by atoms with E-state index in [2.05, 4.69) is 5.32 Å². The third-order valence-corrected chi connectivity index (χ3v) is 2.38. The number of carbonyl (C=O) groups excluding carboxylic acids is 2. The van der Waals surface area contributed by atoms with Gasteiger partial charge in [-0.25, -0.2) is 0 Å². The second-order valence-electron chi connectivity index (χ2n) is 4.34. The van der Waals surface area contributed by atoms with Crippen LogP contribution >= 0.6 is 0 Å². The van der Waals surface area contributed by atoms with Gasteiger partial charge in [-0.1, -0.05) is 0 Å². The minimum atomic E-state index is -0.0730. The normalized spacial score (nSPS) is 10.1. The molecule has 0 saturated heterocycles. The number of carbonyl (C=O) groups is 2. The second kappa shape index (κ2) is 7.41. The Bertz CT molecular complexity index is 443. The van der Waals surface area contributed by atoms with Crippen LogP contribution < -0.4 is 14.8 Å². The first kappa shape index (κ1) is 15.0. The maximum absolute atomic E-state index is 11.4. The molecule has 0 heterocycles. The molecule has 5 nitrogen and oxygen atoms in total. The number of nitrogens with one attached hydrogen (secondary N) is 1. The monoisotopic (exact) mass is 265 g/mol. The van der Waals surface area contributed by atoms with E-state index >= 15 is 0 Å². The first-order chi connectivity index (χ1) is 9.06. The molecule has 1 aromatic rings. The zero-order valence-electron chi connectivity index (χ0n) is 11.4. The highest BCUT2D eigenvalue weighted by Crippen LogP contribution is 2.22. The predicted molar refractivity (Wildman–Crippen MR) is 71.8 cm³/mol. The van der Waals surface area contributed by atoms with Crippen molar-refractivity contribution in [3.8, 4) is 11.5 Å². The van der Waals surface area contributed by atoms with Crippen molar-refractivity contribution in [2.45, 2.75) is 26.3 Å². The van der Waals surface area contributed by atoms with Crippen molar-refractivity contribution in [1.82, 2.24) is 5.32 Å². The van der Waals surface area contributed by atoms with Crippen LogP contribution in [-0.2, 0) is 4.79 Å². The molecule has 1 aromatic carbocycles. The summed E-state index contributed by atoms with van der Waals surface area (Å²) in [5.41, 5.74) is 0.406. The molecule has 1 rings (SSSR count). The number of ether oxygens (including phenoxy) is 2. The van der Waals surface area contributed by atoms with Gasteiger partial charge < -0.3 is 14.8 Å². The molecule has 0 unspecified atom stereocenters. The maximum atomic E-state index is 11.4. The summed E-state index contributed by atoms with van der Waals surface area (Å²) in [5.74, 6) is 0.969. The lowest BCUT2D eigenvalue weighted by Crippen LogP contribution is -2.31. The van der Waals surface area contributed by atoms with E-state index < -0.39 is 0 Å². The van der Waals surface area contributed by atoms with Crippen molar-refractivity contribution >= 4 is 12.2 Å². The summed E-state index contributed by atoms with van der Waals surface area (Å²) in [7, 11) is 1.53. The lowest BCUT2D eigenvalue weighted by atomic mass is 10.2. The fraction of sp³-hybridized carbons (Fsp3) is 0.429. The maximum Gasteiger partial charge on any atom is 0.223 e. The van der Waals surface area contributed by atoms with Crippen LogP contribution in [0.1, 0.15) is 30.6 Å². The largest absolute Gasteiger partial charge is 0.497 e. The SMILES string of the molecule is COc1ccc(OCCC(=O)NC(C)C)c(C=O)c1. The Labute approximate surface area is 112 Å². The van der Waals surface area contributed by atoms with Gasteiger partial charge in [0.2, 0.25) is 5.91 Å². The van der Waals surface area contributed by atoms with E-state index in [1.807, 2.05) is 13.8 Å². The molecule has 0 fully saturated rings. The quantitative estimate of drug-likeness (QED) is 0.763. The van der Waals surface area contributed by atoms with Crippen molar-refractivity contribution in [2.24, 2.45) is 0 Å². The van der Waals surface area contributed by atoms with Crippen LogP contribution in [0.15, 0.2) is 18.2 Å². The minimum absolute atomic E-state index is 0.0730. The van der Waals surface area contributed by atoms with E-state index in [9.17, 15) is 9.59 Å². The number of rotatable bonds is 7. The third kappa shape index (κ3) is 4.99. The van der Waals surface area contributed by atoms with E-state index in [1.165, 1.54) is 7.11 Å². The van der Waals surface area contributed by atoms with E-state index in [-0.39, 0.29) is 25.0 Å². The van der Waals surface area contributed by atoms with Crippen LogP contribution in [0.5, 0.6) is 11.5 Å². The Morgan fingerprint density at radius 2 is 2.16 bits per heavy atom. The van der Waals surface area contributed by atoms with Gasteiger partial charge in [-0.05, 0) is 32.0 Å². The fourth-order valence-corrected chi connectivity index (χ4v) is 1.52. The van der Waals surface area contributed by atoms with Crippen LogP contribution in [0, 0.1) is 0 Å². The van der Waals surface area contributed by atoms with Crippen LogP contribution in [0.3, 0.4) is 0 Å². The minimum Gasteiger partial charge on any atom is -0.497 e. The molecule has 0 aliphatic rings. The van der Waals surface area contributed by atoms with Gasteiger partial charge in [0.1, 0.15) is 11.5 Å². The summed E-state index contributed by atoms with van der Waals surface area (Å²) >= 11 is 0. The standard InChI is InChI=1S/C14H19NO4/c1-10(2)15-14(17)6-7-19-13-5-4-12(18-3)8-11(13)9-16/h4-5,8-10H,6-7H2,1-3H3,(H,15,17). The van der Waals surface area contributed by atoms with Gasteiger partial charge in [0.15, 0.2) is 6.29 Å². The average molecular weight is 265 g/mol. The molecule has 0 atom stereocenters. The molecule has 0 spiro atoms. The summed E-state index contributed by atoms with van der Waals surface area (Å²) < 4.78 is 10.5. The molecule has 0 bridgehead atoms. The fourth-order valence-electron chi connectivity index (χ4n) is 1.52. The van der Waals surface area contributed by atoms with Crippen LogP contribution in [0.2, 0.25) is 0 Å². The number of aldehydes is 1. The highest BCUT2D eigenvalue weighted by atomic mass is 16.5. The van der Waals surface area contributed by atoms with Crippen molar-refractivity contribution < 1.29 is 19.1 Å². The molecule has 0 saturated carbocycles. The average Bonchev–Trinajstić information content (AvgIpc) is 2.38. The first-order valence-electron chi connectivity index (χ1n) is 6.12. The van der Waals surface area contributed by atoms with Crippen molar-refractivity contribution in [3.63, 3.8) is 0 Å². The van der Waals surface area contributed by atoms with Crippen LogP contribution in [0.25, 0.3) is 0 Å². The summed E-state index contributed by atoms with van der Waals surface area (Å²) in [6.45, 7) is 4.02. The summed E-state index contributed by atoms with van der Waals surface area (Å²) in [5, 5.41) is 2.77. The molecule has 0 aliphatic carbocycles. The Morgan fingerprint density at radius 1 is 1.42 bits per heavy atom. The molecule has 19 heavy (non-hydrogen) atoms. The molecule has 5 heteroatoms.